The van der Waals surface area contributed by atoms with E-state index >= 15 is 0 Å². The van der Waals surface area contributed by atoms with Crippen LogP contribution in [-0.2, 0) is 11.2 Å². The van der Waals surface area contributed by atoms with Crippen molar-refractivity contribution >= 4 is 11.6 Å². The Kier molecular flexibility index (Phi) is 4.98. The van der Waals surface area contributed by atoms with Crippen molar-refractivity contribution in [1.29, 1.82) is 0 Å². The molecule has 2 nitrogen and oxygen atoms in total. The van der Waals surface area contributed by atoms with Crippen LogP contribution in [0.1, 0.15) is 18.9 Å². The second kappa shape index (κ2) is 6.50. The Morgan fingerprint density at radius 1 is 1.50 bits per heavy atom. The predicted molar refractivity (Wildman–Crippen MR) is 71.5 cm³/mol. The fourth-order valence-electron chi connectivity index (χ4n) is 2.52. The minimum Gasteiger partial charge on any atom is -0.381 e. The van der Waals surface area contributed by atoms with Gasteiger partial charge in [-0.3, -0.25) is 0 Å². The molecule has 0 radical (unpaired) electrons. The van der Waals surface area contributed by atoms with Gasteiger partial charge in [0.15, 0.2) is 0 Å². The largest absolute Gasteiger partial charge is 0.381 e. The molecule has 1 heterocycles. The standard InChI is InChI=1S/C14H19ClFNO/c1-2-17-13-6-7-18-9-11(13)8-10-4-3-5-12(15)14(10)16/h3-5,11,13,17H,2,6-9H2,1H3. The topological polar surface area (TPSA) is 21.3 Å². The number of rotatable bonds is 4. The smallest absolute Gasteiger partial charge is 0.144 e. The van der Waals surface area contributed by atoms with Crippen molar-refractivity contribution in [1.82, 2.24) is 5.32 Å². The maximum Gasteiger partial charge on any atom is 0.144 e. The summed E-state index contributed by atoms with van der Waals surface area (Å²) in [5.41, 5.74) is 0.681. The van der Waals surface area contributed by atoms with E-state index in [0.717, 1.165) is 19.6 Å². The van der Waals surface area contributed by atoms with E-state index in [4.69, 9.17) is 16.3 Å². The highest BCUT2D eigenvalue weighted by Crippen LogP contribution is 2.24. The van der Waals surface area contributed by atoms with Crippen LogP contribution in [0.4, 0.5) is 4.39 Å². The van der Waals surface area contributed by atoms with E-state index in [9.17, 15) is 4.39 Å². The number of halogens is 2. The molecule has 0 aliphatic carbocycles. The summed E-state index contributed by atoms with van der Waals surface area (Å²) in [6, 6.07) is 5.59. The van der Waals surface area contributed by atoms with Crippen molar-refractivity contribution in [3.05, 3.63) is 34.6 Å². The van der Waals surface area contributed by atoms with Crippen LogP contribution >= 0.6 is 11.6 Å². The Hall–Kier alpha value is -0.640. The van der Waals surface area contributed by atoms with Crippen molar-refractivity contribution in [3.8, 4) is 0 Å². The lowest BCUT2D eigenvalue weighted by Gasteiger charge is -2.32. The molecule has 2 unspecified atom stereocenters. The first-order valence-corrected chi connectivity index (χ1v) is 6.84. The number of benzene rings is 1. The van der Waals surface area contributed by atoms with E-state index < -0.39 is 0 Å². The van der Waals surface area contributed by atoms with Crippen LogP contribution in [-0.4, -0.2) is 25.8 Å². The summed E-state index contributed by atoms with van der Waals surface area (Å²) < 4.78 is 19.4. The Bertz CT molecular complexity index is 397. The third-order valence-electron chi connectivity index (χ3n) is 3.45. The van der Waals surface area contributed by atoms with Gasteiger partial charge in [0.05, 0.1) is 11.6 Å². The Labute approximate surface area is 112 Å². The van der Waals surface area contributed by atoms with Gasteiger partial charge >= 0.3 is 0 Å². The molecule has 0 aromatic heterocycles. The lowest BCUT2D eigenvalue weighted by atomic mass is 9.89. The number of hydrogen-bond donors (Lipinski definition) is 1. The van der Waals surface area contributed by atoms with Gasteiger partial charge in [0.25, 0.3) is 0 Å². The van der Waals surface area contributed by atoms with E-state index in [2.05, 4.69) is 12.2 Å². The SMILES string of the molecule is CCNC1CCOCC1Cc1cccc(Cl)c1F. The predicted octanol–water partition coefficient (Wildman–Crippen LogP) is 3.04. The zero-order valence-electron chi connectivity index (χ0n) is 10.6. The molecule has 2 atom stereocenters. The molecule has 1 N–H and O–H groups in total. The highest BCUT2D eigenvalue weighted by atomic mass is 35.5. The fraction of sp³-hybridized carbons (Fsp3) is 0.571. The van der Waals surface area contributed by atoms with Crippen molar-refractivity contribution in [2.24, 2.45) is 5.92 Å². The number of nitrogens with one attached hydrogen (secondary N) is 1. The van der Waals surface area contributed by atoms with Crippen molar-refractivity contribution in [2.45, 2.75) is 25.8 Å². The zero-order chi connectivity index (χ0) is 13.0. The minimum atomic E-state index is -0.292. The van der Waals surface area contributed by atoms with Gasteiger partial charge in [-0.15, -0.1) is 0 Å². The van der Waals surface area contributed by atoms with Gasteiger partial charge < -0.3 is 10.1 Å². The Balaban J connectivity index is 2.08. The lowest BCUT2D eigenvalue weighted by molar-refractivity contribution is 0.0324. The molecule has 100 valence electrons. The van der Waals surface area contributed by atoms with Gasteiger partial charge in [-0.1, -0.05) is 30.7 Å². The second-order valence-electron chi connectivity index (χ2n) is 4.70. The van der Waals surface area contributed by atoms with Crippen LogP contribution in [0.2, 0.25) is 5.02 Å². The number of hydrogen-bond acceptors (Lipinski definition) is 2. The third kappa shape index (κ3) is 3.22. The van der Waals surface area contributed by atoms with E-state index in [1.807, 2.05) is 0 Å². The van der Waals surface area contributed by atoms with Crippen LogP contribution in [0, 0.1) is 11.7 Å². The maximum atomic E-state index is 13.9. The molecular formula is C14H19ClFNO. The molecule has 18 heavy (non-hydrogen) atoms. The first-order chi connectivity index (χ1) is 8.72. The molecule has 0 bridgehead atoms. The average Bonchev–Trinajstić information content (AvgIpc) is 2.37. The lowest BCUT2D eigenvalue weighted by Crippen LogP contribution is -2.43. The minimum absolute atomic E-state index is 0.198. The molecule has 1 aliphatic heterocycles. The van der Waals surface area contributed by atoms with Gasteiger partial charge in [-0.05, 0) is 31.0 Å². The van der Waals surface area contributed by atoms with E-state index in [-0.39, 0.29) is 10.8 Å². The van der Waals surface area contributed by atoms with Crippen LogP contribution in [0.15, 0.2) is 18.2 Å². The van der Waals surface area contributed by atoms with Gasteiger partial charge in [0.1, 0.15) is 5.82 Å². The molecule has 1 aromatic rings. The molecule has 1 fully saturated rings. The van der Waals surface area contributed by atoms with E-state index in [0.29, 0.717) is 30.6 Å². The van der Waals surface area contributed by atoms with Crippen LogP contribution in [0.5, 0.6) is 0 Å². The van der Waals surface area contributed by atoms with Crippen molar-refractivity contribution in [2.75, 3.05) is 19.8 Å². The molecule has 2 rings (SSSR count). The summed E-state index contributed by atoms with van der Waals surface area (Å²) in [6.45, 7) is 4.49. The van der Waals surface area contributed by atoms with E-state index in [1.54, 1.807) is 18.2 Å². The quantitative estimate of drug-likeness (QED) is 0.909. The highest BCUT2D eigenvalue weighted by Gasteiger charge is 2.26. The van der Waals surface area contributed by atoms with Crippen LogP contribution < -0.4 is 5.32 Å². The molecule has 0 amide bonds. The van der Waals surface area contributed by atoms with Crippen LogP contribution in [0.25, 0.3) is 0 Å². The molecule has 1 saturated heterocycles. The number of ether oxygens (including phenoxy) is 1. The van der Waals surface area contributed by atoms with Crippen molar-refractivity contribution < 1.29 is 9.13 Å². The van der Waals surface area contributed by atoms with Gasteiger partial charge in [-0.2, -0.15) is 0 Å². The van der Waals surface area contributed by atoms with E-state index in [1.165, 1.54) is 0 Å². The Morgan fingerprint density at radius 2 is 2.33 bits per heavy atom. The maximum absolute atomic E-state index is 13.9. The fourth-order valence-corrected chi connectivity index (χ4v) is 2.71. The summed E-state index contributed by atoms with van der Waals surface area (Å²) in [7, 11) is 0. The third-order valence-corrected chi connectivity index (χ3v) is 3.75. The molecule has 0 spiro atoms. The molecular weight excluding hydrogens is 253 g/mol. The monoisotopic (exact) mass is 271 g/mol. The summed E-state index contributed by atoms with van der Waals surface area (Å²) in [4.78, 5) is 0. The zero-order valence-corrected chi connectivity index (χ0v) is 11.3. The summed E-state index contributed by atoms with van der Waals surface area (Å²) >= 11 is 5.81. The van der Waals surface area contributed by atoms with Gasteiger partial charge in [-0.25, -0.2) is 4.39 Å². The Morgan fingerprint density at radius 3 is 3.11 bits per heavy atom. The normalized spacial score (nSPS) is 24.2. The molecule has 4 heteroatoms. The first-order valence-electron chi connectivity index (χ1n) is 6.46. The second-order valence-corrected chi connectivity index (χ2v) is 5.11. The summed E-state index contributed by atoms with van der Waals surface area (Å²) in [5.74, 6) is 0.0201. The molecule has 1 aliphatic rings. The average molecular weight is 272 g/mol. The van der Waals surface area contributed by atoms with Gasteiger partial charge in [0.2, 0.25) is 0 Å². The first kappa shape index (κ1) is 13.8. The highest BCUT2D eigenvalue weighted by molar-refractivity contribution is 6.30. The molecule has 1 aromatic carbocycles. The summed E-state index contributed by atoms with van der Waals surface area (Å²) in [5, 5.41) is 3.65. The van der Waals surface area contributed by atoms with Crippen LogP contribution in [0.3, 0.4) is 0 Å². The van der Waals surface area contributed by atoms with Gasteiger partial charge in [0, 0.05) is 18.6 Å². The molecule has 0 saturated carbocycles. The van der Waals surface area contributed by atoms with Crippen molar-refractivity contribution in [3.63, 3.8) is 0 Å². The summed E-state index contributed by atoms with van der Waals surface area (Å²) in [6.07, 6.45) is 1.66.